The molecule has 0 aliphatic carbocycles. The first-order valence-electron chi connectivity index (χ1n) is 28.8. The van der Waals surface area contributed by atoms with Crippen molar-refractivity contribution < 1.29 is 24.2 Å². The van der Waals surface area contributed by atoms with E-state index in [-0.39, 0.29) is 25.2 Å². The van der Waals surface area contributed by atoms with Crippen LogP contribution in [0.4, 0.5) is 0 Å². The maximum Gasteiger partial charge on any atom is 0.306 e. The minimum absolute atomic E-state index is 0.0786. The molecule has 0 aromatic carbocycles. The molecule has 0 rings (SSSR count). The molecule has 0 radical (unpaired) electrons. The molecule has 384 valence electrons. The number of unbranched alkanes of at least 4 members (excludes halogenated alkanes) is 35. The fourth-order valence-electron chi connectivity index (χ4n) is 8.53. The molecule has 0 fully saturated rings. The van der Waals surface area contributed by atoms with Crippen molar-refractivity contribution in [3.8, 4) is 0 Å². The zero-order valence-corrected chi connectivity index (χ0v) is 44.0. The monoisotopic (exact) mass is 923 g/mol. The molecule has 0 bridgehead atoms. The van der Waals surface area contributed by atoms with Crippen molar-refractivity contribution in [3.63, 3.8) is 0 Å². The highest BCUT2D eigenvalue weighted by molar-refractivity contribution is 5.70. The van der Waals surface area contributed by atoms with Gasteiger partial charge in [-0.25, -0.2) is 0 Å². The molecule has 5 nitrogen and oxygen atoms in total. The van der Waals surface area contributed by atoms with Crippen molar-refractivity contribution in [1.29, 1.82) is 0 Å². The lowest BCUT2D eigenvalue weighted by Crippen LogP contribution is -2.28. The molecule has 0 aliphatic heterocycles. The Labute approximate surface area is 411 Å². The van der Waals surface area contributed by atoms with Gasteiger partial charge in [-0.3, -0.25) is 9.59 Å². The second-order valence-corrected chi connectivity index (χ2v) is 19.3. The maximum atomic E-state index is 12.3. The Kier molecular flexibility index (Phi) is 54.9. The van der Waals surface area contributed by atoms with Crippen LogP contribution in [0.1, 0.15) is 296 Å². The van der Waals surface area contributed by atoms with Gasteiger partial charge in [-0.2, -0.15) is 0 Å². The third-order valence-corrected chi connectivity index (χ3v) is 12.8. The fraction of sp³-hybridized carbons (Fsp3) is 0.803. The molecule has 1 unspecified atom stereocenters. The first-order valence-corrected chi connectivity index (χ1v) is 28.8. The Bertz CT molecular complexity index is 1130. The number of ether oxygens (including phenoxy) is 2. The van der Waals surface area contributed by atoms with Crippen molar-refractivity contribution >= 4 is 11.9 Å². The van der Waals surface area contributed by atoms with E-state index in [2.05, 4.69) is 74.6 Å². The Morgan fingerprint density at radius 1 is 0.364 bits per heavy atom. The van der Waals surface area contributed by atoms with Gasteiger partial charge in [0.15, 0.2) is 6.10 Å². The fourth-order valence-corrected chi connectivity index (χ4v) is 8.53. The van der Waals surface area contributed by atoms with Crippen LogP contribution in [-0.2, 0) is 19.1 Å². The van der Waals surface area contributed by atoms with Crippen molar-refractivity contribution in [2.24, 2.45) is 0 Å². The zero-order valence-electron chi connectivity index (χ0n) is 44.0. The van der Waals surface area contributed by atoms with E-state index in [1.807, 2.05) is 0 Å². The summed E-state index contributed by atoms with van der Waals surface area (Å²) in [6, 6.07) is 0. The van der Waals surface area contributed by atoms with Crippen LogP contribution in [0.25, 0.3) is 0 Å². The average molecular weight is 924 g/mol. The SMILES string of the molecule is CC/C=C\C/C=C\C/C=C\C/C=C\C/C=C\CCCCCC(=O)OC(CO)COC(=O)CCCCCCCCCCCCCCCCCCCCCCCCCCCCCCCCCCC. The highest BCUT2D eigenvalue weighted by atomic mass is 16.6. The van der Waals surface area contributed by atoms with Crippen molar-refractivity contribution in [2.75, 3.05) is 13.2 Å². The normalized spacial score (nSPS) is 12.6. The van der Waals surface area contributed by atoms with Crippen molar-refractivity contribution in [1.82, 2.24) is 0 Å². The molecule has 5 heteroatoms. The third kappa shape index (κ3) is 54.2. The van der Waals surface area contributed by atoms with Gasteiger partial charge in [-0.05, 0) is 57.8 Å². The Morgan fingerprint density at radius 2 is 0.652 bits per heavy atom. The molecule has 1 N–H and O–H groups in total. The first-order chi connectivity index (χ1) is 32.6. The van der Waals surface area contributed by atoms with Gasteiger partial charge >= 0.3 is 11.9 Å². The van der Waals surface area contributed by atoms with E-state index in [1.54, 1.807) is 0 Å². The van der Waals surface area contributed by atoms with Crippen molar-refractivity contribution in [3.05, 3.63) is 60.8 Å². The van der Waals surface area contributed by atoms with Gasteiger partial charge in [0, 0.05) is 12.8 Å². The molecular weight excluding hydrogens is 813 g/mol. The lowest BCUT2D eigenvalue weighted by molar-refractivity contribution is -0.161. The highest BCUT2D eigenvalue weighted by Gasteiger charge is 2.16. The summed E-state index contributed by atoms with van der Waals surface area (Å²) in [6.45, 7) is 4.03. The molecule has 1 atom stereocenters. The summed E-state index contributed by atoms with van der Waals surface area (Å²) >= 11 is 0. The standard InChI is InChI=1S/C61H110O5/c1-3-5-7-9-11-13-15-17-19-21-23-24-25-26-27-28-29-30-31-32-33-34-35-36-38-39-41-43-45-47-49-51-53-55-60(63)65-58-59(57-62)66-61(64)56-54-52-50-48-46-44-42-40-37-22-20-18-16-14-12-10-8-6-4-2/h6,8,12,14,18,20,37,40,44,46,59,62H,3-5,7,9-11,13,15-17,19,21-36,38-39,41-43,45,47-58H2,1-2H3/b8-6-,14-12-,20-18-,40-37-,46-44-. The van der Waals surface area contributed by atoms with E-state index in [4.69, 9.17) is 9.47 Å². The average Bonchev–Trinajstić information content (AvgIpc) is 3.32. The summed E-state index contributed by atoms with van der Waals surface area (Å²) in [5, 5.41) is 9.63. The second-order valence-electron chi connectivity index (χ2n) is 19.3. The van der Waals surface area contributed by atoms with Gasteiger partial charge in [0.2, 0.25) is 0 Å². The maximum absolute atomic E-state index is 12.3. The van der Waals surface area contributed by atoms with Crippen LogP contribution in [-0.4, -0.2) is 36.4 Å². The third-order valence-electron chi connectivity index (χ3n) is 12.8. The zero-order chi connectivity index (χ0) is 47.7. The largest absolute Gasteiger partial charge is 0.462 e. The molecule has 0 amide bonds. The molecule has 0 aromatic rings. The lowest BCUT2D eigenvalue weighted by atomic mass is 10.0. The predicted molar refractivity (Wildman–Crippen MR) is 288 cm³/mol. The van der Waals surface area contributed by atoms with E-state index in [1.165, 1.54) is 193 Å². The van der Waals surface area contributed by atoms with Crippen LogP contribution in [0.15, 0.2) is 60.8 Å². The van der Waals surface area contributed by atoms with Crippen LogP contribution in [0.2, 0.25) is 0 Å². The molecule has 0 heterocycles. The molecule has 0 spiro atoms. The highest BCUT2D eigenvalue weighted by Crippen LogP contribution is 2.17. The summed E-state index contributed by atoms with van der Waals surface area (Å²) < 4.78 is 10.7. The summed E-state index contributed by atoms with van der Waals surface area (Å²) in [7, 11) is 0. The van der Waals surface area contributed by atoms with Crippen molar-refractivity contribution in [2.45, 2.75) is 302 Å². The molecular formula is C61H110O5. The molecule has 0 aliphatic rings. The van der Waals surface area contributed by atoms with E-state index in [0.29, 0.717) is 12.8 Å². The number of esters is 2. The minimum Gasteiger partial charge on any atom is -0.462 e. The minimum atomic E-state index is -0.791. The van der Waals surface area contributed by atoms with Gasteiger partial charge in [0.1, 0.15) is 6.61 Å². The summed E-state index contributed by atoms with van der Waals surface area (Å²) in [5.41, 5.74) is 0. The van der Waals surface area contributed by atoms with E-state index in [0.717, 1.165) is 77.0 Å². The van der Waals surface area contributed by atoms with Crippen LogP contribution >= 0.6 is 0 Å². The number of carbonyl (C=O) groups excluding carboxylic acids is 2. The number of aliphatic hydroxyl groups excluding tert-OH is 1. The number of rotatable bonds is 53. The van der Waals surface area contributed by atoms with Gasteiger partial charge in [0.05, 0.1) is 6.61 Å². The number of hydrogen-bond donors (Lipinski definition) is 1. The Hall–Kier alpha value is -2.40. The summed E-state index contributed by atoms with van der Waals surface area (Å²) in [5.74, 6) is -0.619. The van der Waals surface area contributed by atoms with Crippen LogP contribution < -0.4 is 0 Å². The quantitative estimate of drug-likeness (QED) is 0.0374. The predicted octanol–water partition coefficient (Wildman–Crippen LogP) is 19.4. The number of carbonyl (C=O) groups is 2. The van der Waals surface area contributed by atoms with Crippen LogP contribution in [0.5, 0.6) is 0 Å². The first kappa shape index (κ1) is 63.6. The van der Waals surface area contributed by atoms with E-state index < -0.39 is 6.10 Å². The second kappa shape index (κ2) is 56.9. The summed E-state index contributed by atoms with van der Waals surface area (Å²) in [4.78, 5) is 24.5. The lowest BCUT2D eigenvalue weighted by Gasteiger charge is -2.15. The molecule has 0 aromatic heterocycles. The van der Waals surface area contributed by atoms with E-state index >= 15 is 0 Å². The Morgan fingerprint density at radius 3 is 0.985 bits per heavy atom. The van der Waals surface area contributed by atoms with Gasteiger partial charge in [-0.1, -0.05) is 286 Å². The van der Waals surface area contributed by atoms with E-state index in [9.17, 15) is 14.7 Å². The topological polar surface area (TPSA) is 72.8 Å². The van der Waals surface area contributed by atoms with Crippen LogP contribution in [0, 0.1) is 0 Å². The molecule has 0 saturated carbocycles. The van der Waals surface area contributed by atoms with Gasteiger partial charge in [-0.15, -0.1) is 0 Å². The smallest absolute Gasteiger partial charge is 0.306 e. The number of allylic oxidation sites excluding steroid dienone is 10. The molecule has 0 saturated heterocycles. The Balaban J connectivity index is 3.44. The number of hydrogen-bond acceptors (Lipinski definition) is 5. The van der Waals surface area contributed by atoms with Crippen LogP contribution in [0.3, 0.4) is 0 Å². The molecule has 66 heavy (non-hydrogen) atoms. The van der Waals surface area contributed by atoms with Gasteiger partial charge in [0.25, 0.3) is 0 Å². The summed E-state index contributed by atoms with van der Waals surface area (Å²) in [6.07, 6.45) is 76.5. The van der Waals surface area contributed by atoms with Gasteiger partial charge < -0.3 is 14.6 Å². The number of aliphatic hydroxyl groups is 1.